The number of fused-ring (bicyclic) bond motifs is 1. The van der Waals surface area contributed by atoms with Gasteiger partial charge < -0.3 is 20.5 Å². The highest BCUT2D eigenvalue weighted by atomic mass is 16.5. The number of methoxy groups -OCH3 is 1. The lowest BCUT2D eigenvalue weighted by Crippen LogP contribution is -2.51. The van der Waals surface area contributed by atoms with Gasteiger partial charge in [0.2, 0.25) is 0 Å². The predicted octanol–water partition coefficient (Wildman–Crippen LogP) is 2.75. The third-order valence-electron chi connectivity index (χ3n) is 3.58. The van der Waals surface area contributed by atoms with Crippen LogP contribution in [-0.2, 0) is 4.74 Å². The molecule has 0 aliphatic rings. The second kappa shape index (κ2) is 7.24. The topological polar surface area (TPSA) is 70.6 Å². The van der Waals surface area contributed by atoms with Gasteiger partial charge in [-0.2, -0.15) is 0 Å². The highest BCUT2D eigenvalue weighted by Gasteiger charge is 2.26. The van der Waals surface area contributed by atoms with Crippen molar-refractivity contribution >= 4 is 22.5 Å². The van der Waals surface area contributed by atoms with Crippen molar-refractivity contribution in [1.29, 1.82) is 0 Å². The molecule has 22 heavy (non-hydrogen) atoms. The minimum atomic E-state index is -0.613. The summed E-state index contributed by atoms with van der Waals surface area (Å²) in [5.74, 6) is 0. The van der Waals surface area contributed by atoms with Crippen LogP contribution in [-0.4, -0.2) is 37.0 Å². The van der Waals surface area contributed by atoms with E-state index >= 15 is 0 Å². The molecule has 0 saturated carbocycles. The average Bonchev–Trinajstić information content (AvgIpc) is 2.47. The number of ether oxygens (including phenoxy) is 1. The number of nitrogens with one attached hydrogen (secondary N) is 2. The molecule has 0 aromatic heterocycles. The Bertz CT molecular complexity index is 631. The predicted molar refractivity (Wildman–Crippen MR) is 88.1 cm³/mol. The SMILES string of the molecule is COCC(C)(CCO)NC(=O)Nc1cccc2ccccc12. The smallest absolute Gasteiger partial charge is 0.319 e. The first-order valence-electron chi connectivity index (χ1n) is 7.25. The molecular weight excluding hydrogens is 280 g/mol. The van der Waals surface area contributed by atoms with Crippen molar-refractivity contribution in [3.8, 4) is 0 Å². The van der Waals surface area contributed by atoms with E-state index in [0.29, 0.717) is 13.0 Å². The van der Waals surface area contributed by atoms with E-state index in [1.807, 2.05) is 49.4 Å². The lowest BCUT2D eigenvalue weighted by Gasteiger charge is -2.29. The van der Waals surface area contributed by atoms with Gasteiger partial charge in [-0.3, -0.25) is 0 Å². The van der Waals surface area contributed by atoms with Crippen LogP contribution in [0.5, 0.6) is 0 Å². The second-order valence-corrected chi connectivity index (χ2v) is 5.57. The number of hydrogen-bond donors (Lipinski definition) is 3. The molecule has 1 unspecified atom stereocenters. The Kier molecular flexibility index (Phi) is 5.35. The maximum atomic E-state index is 12.3. The maximum Gasteiger partial charge on any atom is 0.319 e. The minimum absolute atomic E-state index is 0.0194. The molecule has 5 heteroatoms. The van der Waals surface area contributed by atoms with Gasteiger partial charge in [-0.05, 0) is 24.8 Å². The molecule has 2 aromatic rings. The number of amides is 2. The zero-order valence-corrected chi connectivity index (χ0v) is 12.9. The molecule has 0 spiro atoms. The van der Waals surface area contributed by atoms with Crippen molar-refractivity contribution in [2.75, 3.05) is 25.6 Å². The second-order valence-electron chi connectivity index (χ2n) is 5.57. The summed E-state index contributed by atoms with van der Waals surface area (Å²) < 4.78 is 5.13. The van der Waals surface area contributed by atoms with E-state index in [1.54, 1.807) is 7.11 Å². The van der Waals surface area contributed by atoms with E-state index in [-0.39, 0.29) is 12.6 Å². The summed E-state index contributed by atoms with van der Waals surface area (Å²) in [7, 11) is 1.57. The number of urea groups is 1. The number of carbonyl (C=O) groups excluding carboxylic acids is 1. The minimum Gasteiger partial charge on any atom is -0.396 e. The summed E-state index contributed by atoms with van der Waals surface area (Å²) >= 11 is 0. The lowest BCUT2D eigenvalue weighted by atomic mass is 10.00. The summed E-state index contributed by atoms with van der Waals surface area (Å²) in [4.78, 5) is 12.3. The van der Waals surface area contributed by atoms with Gasteiger partial charge in [0.1, 0.15) is 0 Å². The number of aliphatic hydroxyl groups excluding tert-OH is 1. The summed E-state index contributed by atoms with van der Waals surface area (Å²) in [6.07, 6.45) is 0.420. The molecule has 0 bridgehead atoms. The Labute approximate surface area is 130 Å². The Morgan fingerprint density at radius 2 is 1.95 bits per heavy atom. The molecule has 2 rings (SSSR count). The Morgan fingerprint density at radius 1 is 1.23 bits per heavy atom. The van der Waals surface area contributed by atoms with Crippen LogP contribution in [0.25, 0.3) is 10.8 Å². The van der Waals surface area contributed by atoms with E-state index in [0.717, 1.165) is 16.5 Å². The maximum absolute atomic E-state index is 12.3. The van der Waals surface area contributed by atoms with E-state index < -0.39 is 5.54 Å². The van der Waals surface area contributed by atoms with Crippen molar-refractivity contribution in [2.24, 2.45) is 0 Å². The Hall–Kier alpha value is -2.11. The molecule has 1 atom stereocenters. The van der Waals surface area contributed by atoms with Crippen LogP contribution >= 0.6 is 0 Å². The van der Waals surface area contributed by atoms with Gasteiger partial charge in [0.25, 0.3) is 0 Å². The monoisotopic (exact) mass is 302 g/mol. The summed E-state index contributed by atoms with van der Waals surface area (Å²) in [5, 5.41) is 16.9. The number of hydrogen-bond acceptors (Lipinski definition) is 3. The van der Waals surface area contributed by atoms with Crippen molar-refractivity contribution in [3.05, 3.63) is 42.5 Å². The van der Waals surface area contributed by atoms with Crippen LogP contribution < -0.4 is 10.6 Å². The fourth-order valence-electron chi connectivity index (χ4n) is 2.50. The van der Waals surface area contributed by atoms with Gasteiger partial charge in [-0.15, -0.1) is 0 Å². The highest BCUT2D eigenvalue weighted by molar-refractivity contribution is 6.01. The quantitative estimate of drug-likeness (QED) is 0.768. The first kappa shape index (κ1) is 16.3. The van der Waals surface area contributed by atoms with Gasteiger partial charge in [0.15, 0.2) is 0 Å². The number of anilines is 1. The Morgan fingerprint density at radius 3 is 2.68 bits per heavy atom. The van der Waals surface area contributed by atoms with Crippen LogP contribution in [0.3, 0.4) is 0 Å². The third kappa shape index (κ3) is 3.96. The van der Waals surface area contributed by atoms with Crippen LogP contribution in [0.15, 0.2) is 42.5 Å². The average molecular weight is 302 g/mol. The van der Waals surface area contributed by atoms with Crippen molar-refractivity contribution in [1.82, 2.24) is 5.32 Å². The van der Waals surface area contributed by atoms with Crippen LogP contribution in [0.4, 0.5) is 10.5 Å². The highest BCUT2D eigenvalue weighted by Crippen LogP contribution is 2.23. The van der Waals surface area contributed by atoms with Crippen LogP contribution in [0.1, 0.15) is 13.3 Å². The zero-order chi connectivity index (χ0) is 16.0. The molecule has 0 heterocycles. The van der Waals surface area contributed by atoms with Gasteiger partial charge in [-0.25, -0.2) is 4.79 Å². The molecule has 0 radical (unpaired) electrons. The number of aliphatic hydroxyl groups is 1. The molecule has 5 nitrogen and oxygen atoms in total. The van der Waals surface area contributed by atoms with Crippen molar-refractivity contribution in [3.63, 3.8) is 0 Å². The molecule has 0 aliphatic carbocycles. The van der Waals surface area contributed by atoms with E-state index in [2.05, 4.69) is 10.6 Å². The molecule has 2 amide bonds. The molecular formula is C17H22N2O3. The Balaban J connectivity index is 2.13. The molecule has 0 aliphatic heterocycles. The van der Waals surface area contributed by atoms with Gasteiger partial charge in [-0.1, -0.05) is 36.4 Å². The first-order valence-corrected chi connectivity index (χ1v) is 7.25. The van der Waals surface area contributed by atoms with Crippen molar-refractivity contribution < 1.29 is 14.6 Å². The number of carbonyl (C=O) groups is 1. The van der Waals surface area contributed by atoms with Crippen LogP contribution in [0.2, 0.25) is 0 Å². The van der Waals surface area contributed by atoms with Gasteiger partial charge >= 0.3 is 6.03 Å². The molecule has 118 valence electrons. The standard InChI is InChI=1S/C17H22N2O3/c1-17(10-11-20,12-22-2)19-16(21)18-15-9-5-7-13-6-3-4-8-14(13)15/h3-9,20H,10-12H2,1-2H3,(H2,18,19,21). The molecule has 2 aromatic carbocycles. The largest absolute Gasteiger partial charge is 0.396 e. The fraction of sp³-hybridized carbons (Fsp3) is 0.353. The third-order valence-corrected chi connectivity index (χ3v) is 3.58. The lowest BCUT2D eigenvalue weighted by molar-refractivity contribution is 0.104. The number of rotatable bonds is 6. The molecule has 3 N–H and O–H groups in total. The van der Waals surface area contributed by atoms with Gasteiger partial charge in [0.05, 0.1) is 17.8 Å². The van der Waals surface area contributed by atoms with E-state index in [9.17, 15) is 4.79 Å². The van der Waals surface area contributed by atoms with Crippen molar-refractivity contribution in [2.45, 2.75) is 18.9 Å². The number of benzene rings is 2. The van der Waals surface area contributed by atoms with Crippen LogP contribution in [0, 0.1) is 0 Å². The summed E-state index contributed by atoms with van der Waals surface area (Å²) in [6.45, 7) is 2.15. The zero-order valence-electron chi connectivity index (χ0n) is 12.9. The summed E-state index contributed by atoms with van der Waals surface area (Å²) in [6, 6.07) is 13.3. The van der Waals surface area contributed by atoms with E-state index in [1.165, 1.54) is 0 Å². The van der Waals surface area contributed by atoms with E-state index in [4.69, 9.17) is 9.84 Å². The molecule has 0 fully saturated rings. The molecule has 0 saturated heterocycles. The van der Waals surface area contributed by atoms with Gasteiger partial charge in [0, 0.05) is 19.1 Å². The summed E-state index contributed by atoms with van der Waals surface area (Å²) in [5.41, 5.74) is 0.136. The first-order chi connectivity index (χ1) is 10.6. The normalized spacial score (nSPS) is 13.6. The fourth-order valence-corrected chi connectivity index (χ4v) is 2.50.